The highest BCUT2D eigenvalue weighted by Crippen LogP contribution is 2.65. The molecule has 2 bridgehead atoms. The van der Waals surface area contributed by atoms with E-state index in [1.165, 1.54) is 6.42 Å². The van der Waals surface area contributed by atoms with Crippen molar-refractivity contribution in [2.45, 2.75) is 64.1 Å². The molecule has 124 valence electrons. The van der Waals surface area contributed by atoms with Crippen molar-refractivity contribution in [3.8, 4) is 0 Å². The SMILES string of the molecule is CC1(C)[C@@H]2C[C@H]3OB([C@@H](N)CCCN=[N+]=[N-])O[C@@]3(C)[C@H]1C2.Cl. The summed E-state index contributed by atoms with van der Waals surface area (Å²) in [6.45, 7) is 7.38. The first kappa shape index (κ1) is 17.9. The van der Waals surface area contributed by atoms with Crippen molar-refractivity contribution in [3.05, 3.63) is 10.4 Å². The number of azide groups is 1. The topological polar surface area (TPSA) is 93.2 Å². The van der Waals surface area contributed by atoms with Crippen LogP contribution in [-0.2, 0) is 9.31 Å². The molecule has 0 radical (unpaired) electrons. The number of nitrogens with zero attached hydrogens (tertiary/aromatic N) is 3. The maximum atomic E-state index is 8.28. The lowest BCUT2D eigenvalue weighted by atomic mass is 9.43. The Bertz CT molecular complexity index is 474. The van der Waals surface area contributed by atoms with E-state index >= 15 is 0 Å². The van der Waals surface area contributed by atoms with Gasteiger partial charge in [-0.1, -0.05) is 19.0 Å². The van der Waals surface area contributed by atoms with E-state index in [0.717, 1.165) is 25.2 Å². The van der Waals surface area contributed by atoms with Crippen molar-refractivity contribution in [1.29, 1.82) is 0 Å². The lowest BCUT2D eigenvalue weighted by Crippen LogP contribution is -2.65. The molecular formula is C14H26BClN4O2. The zero-order valence-corrected chi connectivity index (χ0v) is 14.4. The molecule has 22 heavy (non-hydrogen) atoms. The Morgan fingerprint density at radius 1 is 1.41 bits per heavy atom. The van der Waals surface area contributed by atoms with Gasteiger partial charge < -0.3 is 15.0 Å². The van der Waals surface area contributed by atoms with E-state index in [9.17, 15) is 0 Å². The molecule has 0 aromatic heterocycles. The van der Waals surface area contributed by atoms with Crippen molar-refractivity contribution >= 4 is 19.5 Å². The average molecular weight is 329 g/mol. The van der Waals surface area contributed by atoms with Gasteiger partial charge in [0.1, 0.15) is 0 Å². The molecule has 4 fully saturated rings. The predicted molar refractivity (Wildman–Crippen MR) is 88.6 cm³/mol. The number of halogens is 1. The van der Waals surface area contributed by atoms with Gasteiger partial charge in [-0.3, -0.25) is 0 Å². The van der Waals surface area contributed by atoms with Gasteiger partial charge in [0.25, 0.3) is 0 Å². The maximum Gasteiger partial charge on any atom is 0.475 e. The van der Waals surface area contributed by atoms with Crippen LogP contribution < -0.4 is 5.73 Å². The first-order valence-corrected chi connectivity index (χ1v) is 7.99. The summed E-state index contributed by atoms with van der Waals surface area (Å²) in [4.78, 5) is 2.75. The molecule has 6 nitrogen and oxygen atoms in total. The second-order valence-corrected chi connectivity index (χ2v) is 7.60. The summed E-state index contributed by atoms with van der Waals surface area (Å²) in [6.07, 6.45) is 4.05. The zero-order valence-electron chi connectivity index (χ0n) is 13.6. The largest absolute Gasteiger partial charge is 0.475 e. The van der Waals surface area contributed by atoms with E-state index in [-0.39, 0.29) is 37.2 Å². The summed E-state index contributed by atoms with van der Waals surface area (Å²) >= 11 is 0. The van der Waals surface area contributed by atoms with Gasteiger partial charge in [-0.05, 0) is 55.4 Å². The second kappa shape index (κ2) is 6.21. The predicted octanol–water partition coefficient (Wildman–Crippen LogP) is 3.09. The normalized spacial score (nSPS) is 39.1. The molecule has 0 aromatic rings. The van der Waals surface area contributed by atoms with Crippen molar-refractivity contribution in [3.63, 3.8) is 0 Å². The minimum Gasteiger partial charge on any atom is -0.404 e. The van der Waals surface area contributed by atoms with Crippen LogP contribution in [-0.4, -0.2) is 31.3 Å². The smallest absolute Gasteiger partial charge is 0.404 e. The molecular weight excluding hydrogens is 302 g/mol. The summed E-state index contributed by atoms with van der Waals surface area (Å²) < 4.78 is 12.4. The van der Waals surface area contributed by atoms with E-state index in [0.29, 0.717) is 17.9 Å². The standard InChI is InChI=1S/C14H25BN4O2.ClH/c1-13(2)9-7-10(13)14(3)11(8-9)20-15(21-14)12(16)5-4-6-18-19-17;/h9-12H,4-8,16H2,1-3H3;1H/t9-,10-,11+,12-,14-;/m0./s1. The molecule has 1 aliphatic heterocycles. The summed E-state index contributed by atoms with van der Waals surface area (Å²) in [7, 11) is -0.318. The van der Waals surface area contributed by atoms with Crippen LogP contribution in [0.2, 0.25) is 0 Å². The Hall–Kier alpha value is -0.455. The summed E-state index contributed by atoms with van der Waals surface area (Å²) in [5.74, 6) is 1.17. The Morgan fingerprint density at radius 3 is 2.77 bits per heavy atom. The average Bonchev–Trinajstić information content (AvgIpc) is 2.80. The fraction of sp³-hybridized carbons (Fsp3) is 1.00. The van der Waals surface area contributed by atoms with Crippen molar-refractivity contribution in [1.82, 2.24) is 0 Å². The molecule has 0 unspecified atom stereocenters. The highest BCUT2D eigenvalue weighted by Gasteiger charge is 2.68. The van der Waals surface area contributed by atoms with Crippen molar-refractivity contribution in [2.24, 2.45) is 28.1 Å². The van der Waals surface area contributed by atoms with Crippen LogP contribution in [0.1, 0.15) is 46.5 Å². The number of nitrogens with two attached hydrogens (primary N) is 1. The van der Waals surface area contributed by atoms with Gasteiger partial charge in [-0.15, -0.1) is 12.4 Å². The molecule has 5 atom stereocenters. The van der Waals surface area contributed by atoms with Crippen molar-refractivity contribution < 1.29 is 9.31 Å². The van der Waals surface area contributed by atoms with Crippen LogP contribution in [0.25, 0.3) is 10.4 Å². The first-order valence-electron chi connectivity index (χ1n) is 7.99. The summed E-state index contributed by atoms with van der Waals surface area (Å²) in [6, 6.07) is 0. The van der Waals surface area contributed by atoms with Gasteiger partial charge in [-0.2, -0.15) is 0 Å². The van der Waals surface area contributed by atoms with E-state index in [1.54, 1.807) is 0 Å². The lowest BCUT2D eigenvalue weighted by Gasteiger charge is -2.64. The Balaban J connectivity index is 0.00000176. The van der Waals surface area contributed by atoms with Crippen LogP contribution >= 0.6 is 12.4 Å². The number of rotatable bonds is 5. The highest BCUT2D eigenvalue weighted by atomic mass is 35.5. The van der Waals surface area contributed by atoms with Crippen LogP contribution in [0.3, 0.4) is 0 Å². The molecule has 8 heteroatoms. The van der Waals surface area contributed by atoms with Crippen molar-refractivity contribution in [2.75, 3.05) is 6.54 Å². The van der Waals surface area contributed by atoms with Gasteiger partial charge in [0.15, 0.2) is 0 Å². The maximum absolute atomic E-state index is 8.28. The van der Waals surface area contributed by atoms with E-state index in [1.807, 2.05) is 0 Å². The number of hydrogen-bond donors (Lipinski definition) is 1. The second-order valence-electron chi connectivity index (χ2n) is 7.60. The molecule has 1 heterocycles. The Morgan fingerprint density at radius 2 is 2.14 bits per heavy atom. The molecule has 3 saturated carbocycles. The third kappa shape index (κ3) is 2.63. The third-order valence-corrected chi connectivity index (χ3v) is 6.18. The van der Waals surface area contributed by atoms with E-state index in [4.69, 9.17) is 20.6 Å². The summed E-state index contributed by atoms with van der Waals surface area (Å²) in [5, 5.41) is 3.54. The molecule has 3 aliphatic carbocycles. The Labute approximate surface area is 138 Å². The van der Waals surface area contributed by atoms with Gasteiger partial charge in [-0.25, -0.2) is 0 Å². The minimum atomic E-state index is -0.318. The van der Waals surface area contributed by atoms with Crippen LogP contribution in [0.5, 0.6) is 0 Å². The third-order valence-electron chi connectivity index (χ3n) is 6.18. The lowest BCUT2D eigenvalue weighted by molar-refractivity contribution is -0.199. The molecule has 2 N–H and O–H groups in total. The van der Waals surface area contributed by atoms with Gasteiger partial charge >= 0.3 is 7.12 Å². The highest BCUT2D eigenvalue weighted by molar-refractivity contribution is 6.47. The fourth-order valence-corrected chi connectivity index (χ4v) is 4.66. The van der Waals surface area contributed by atoms with Crippen LogP contribution in [0.4, 0.5) is 0 Å². The van der Waals surface area contributed by atoms with Gasteiger partial charge in [0, 0.05) is 17.4 Å². The van der Waals surface area contributed by atoms with E-state index in [2.05, 4.69) is 30.8 Å². The quantitative estimate of drug-likeness (QED) is 0.276. The first-order chi connectivity index (χ1) is 9.89. The van der Waals surface area contributed by atoms with Gasteiger partial charge in [0.2, 0.25) is 0 Å². The van der Waals surface area contributed by atoms with Crippen LogP contribution in [0, 0.1) is 17.3 Å². The van der Waals surface area contributed by atoms with E-state index < -0.39 is 0 Å². The fourth-order valence-electron chi connectivity index (χ4n) is 4.66. The minimum absolute atomic E-state index is 0. The summed E-state index contributed by atoms with van der Waals surface area (Å²) in [5.41, 5.74) is 14.7. The monoisotopic (exact) mass is 328 g/mol. The Kier molecular flexibility index (Phi) is 5.05. The molecule has 0 amide bonds. The van der Waals surface area contributed by atoms with Gasteiger partial charge in [0.05, 0.1) is 11.7 Å². The molecule has 0 spiro atoms. The zero-order chi connectivity index (χ0) is 15.3. The molecule has 4 aliphatic rings. The molecule has 0 aromatic carbocycles. The molecule has 4 rings (SSSR count). The van der Waals surface area contributed by atoms with Crippen LogP contribution in [0.15, 0.2) is 5.11 Å². The molecule has 1 saturated heterocycles. The number of hydrogen-bond acceptors (Lipinski definition) is 4.